The number of ether oxygens (including phenoxy) is 1. The van der Waals surface area contributed by atoms with E-state index >= 15 is 0 Å². The predicted molar refractivity (Wildman–Crippen MR) is 81.3 cm³/mol. The molecule has 1 aromatic rings. The van der Waals surface area contributed by atoms with Gasteiger partial charge in [0, 0.05) is 6.04 Å². The molecular formula is C15H21ClN2O2. The van der Waals surface area contributed by atoms with E-state index in [4.69, 9.17) is 16.3 Å². The summed E-state index contributed by atoms with van der Waals surface area (Å²) >= 11 is 6.23. The molecule has 0 aliphatic carbocycles. The van der Waals surface area contributed by atoms with Crippen LogP contribution in [0.4, 0.5) is 10.5 Å². The van der Waals surface area contributed by atoms with Crippen LogP contribution in [0.25, 0.3) is 0 Å². The van der Waals surface area contributed by atoms with Gasteiger partial charge in [0.2, 0.25) is 0 Å². The van der Waals surface area contributed by atoms with Crippen LogP contribution in [0.15, 0.2) is 18.2 Å². The van der Waals surface area contributed by atoms with Gasteiger partial charge in [-0.1, -0.05) is 17.7 Å². The van der Waals surface area contributed by atoms with E-state index in [9.17, 15) is 4.79 Å². The van der Waals surface area contributed by atoms with Gasteiger partial charge in [-0.25, -0.2) is 4.79 Å². The molecule has 1 atom stereocenters. The second kappa shape index (κ2) is 6.02. The topological polar surface area (TPSA) is 50.4 Å². The van der Waals surface area contributed by atoms with E-state index in [2.05, 4.69) is 10.6 Å². The summed E-state index contributed by atoms with van der Waals surface area (Å²) in [5.74, 6) is 0. The summed E-state index contributed by atoms with van der Waals surface area (Å²) in [7, 11) is 0. The minimum Gasteiger partial charge on any atom is -0.444 e. The normalized spacial score (nSPS) is 18.9. The van der Waals surface area contributed by atoms with E-state index in [-0.39, 0.29) is 0 Å². The monoisotopic (exact) mass is 296 g/mol. The molecule has 1 aliphatic heterocycles. The van der Waals surface area contributed by atoms with Gasteiger partial charge in [0.05, 0.1) is 10.7 Å². The number of halogens is 1. The zero-order valence-corrected chi connectivity index (χ0v) is 12.9. The number of rotatable bonds is 2. The Hall–Kier alpha value is -1.26. The summed E-state index contributed by atoms with van der Waals surface area (Å²) in [6.45, 7) is 6.51. The van der Waals surface area contributed by atoms with Crippen LogP contribution >= 0.6 is 11.6 Å². The highest BCUT2D eigenvalue weighted by atomic mass is 35.5. The number of nitrogens with one attached hydrogen (secondary N) is 2. The number of amides is 1. The third kappa shape index (κ3) is 4.12. The van der Waals surface area contributed by atoms with Crippen molar-refractivity contribution in [2.75, 3.05) is 11.9 Å². The third-order valence-corrected chi connectivity index (χ3v) is 3.40. The summed E-state index contributed by atoms with van der Waals surface area (Å²) in [6.07, 6.45) is 1.81. The van der Waals surface area contributed by atoms with Gasteiger partial charge in [-0.15, -0.1) is 0 Å². The molecule has 1 fully saturated rings. The van der Waals surface area contributed by atoms with Crippen molar-refractivity contribution in [3.63, 3.8) is 0 Å². The molecule has 20 heavy (non-hydrogen) atoms. The van der Waals surface area contributed by atoms with Crippen molar-refractivity contribution in [2.24, 2.45) is 0 Å². The minimum atomic E-state index is -0.524. The smallest absolute Gasteiger partial charge is 0.412 e. The molecule has 1 aliphatic rings. The van der Waals surface area contributed by atoms with E-state index in [1.807, 2.05) is 39.0 Å². The molecule has 2 N–H and O–H groups in total. The van der Waals surface area contributed by atoms with Crippen LogP contribution in [-0.4, -0.2) is 18.2 Å². The first-order valence-corrected chi connectivity index (χ1v) is 7.26. The number of carbonyl (C=O) groups excluding carboxylic acids is 1. The Kier molecular flexibility index (Phi) is 4.55. The van der Waals surface area contributed by atoms with Gasteiger partial charge in [0.1, 0.15) is 5.60 Å². The second-order valence-corrected chi connectivity index (χ2v) is 6.42. The maximum Gasteiger partial charge on any atom is 0.412 e. The van der Waals surface area contributed by atoms with E-state index in [0.717, 1.165) is 18.5 Å². The Morgan fingerprint density at radius 3 is 2.75 bits per heavy atom. The zero-order chi connectivity index (χ0) is 14.8. The molecule has 0 bridgehead atoms. The quantitative estimate of drug-likeness (QED) is 0.863. The Morgan fingerprint density at radius 1 is 1.45 bits per heavy atom. The fraction of sp³-hybridized carbons (Fsp3) is 0.533. The lowest BCUT2D eigenvalue weighted by atomic mass is 10.1. The maximum absolute atomic E-state index is 11.7. The Morgan fingerprint density at radius 2 is 2.20 bits per heavy atom. The molecular weight excluding hydrogens is 276 g/mol. The molecule has 4 nitrogen and oxygen atoms in total. The van der Waals surface area contributed by atoms with Crippen LogP contribution in [0.2, 0.25) is 5.02 Å². The fourth-order valence-electron chi connectivity index (χ4n) is 2.23. The predicted octanol–water partition coefficient (Wildman–Crippen LogP) is 4.11. The Bertz CT molecular complexity index is 491. The van der Waals surface area contributed by atoms with E-state index in [1.165, 1.54) is 6.42 Å². The van der Waals surface area contributed by atoms with E-state index in [0.29, 0.717) is 16.8 Å². The van der Waals surface area contributed by atoms with Crippen molar-refractivity contribution < 1.29 is 9.53 Å². The van der Waals surface area contributed by atoms with Crippen molar-refractivity contribution in [2.45, 2.75) is 45.3 Å². The number of hydrogen-bond acceptors (Lipinski definition) is 3. The zero-order valence-electron chi connectivity index (χ0n) is 12.1. The van der Waals surface area contributed by atoms with E-state index < -0.39 is 11.7 Å². The van der Waals surface area contributed by atoms with Crippen molar-refractivity contribution in [1.29, 1.82) is 0 Å². The van der Waals surface area contributed by atoms with E-state index in [1.54, 1.807) is 0 Å². The molecule has 5 heteroatoms. The van der Waals surface area contributed by atoms with Gasteiger partial charge in [-0.2, -0.15) is 0 Å². The lowest BCUT2D eigenvalue weighted by Crippen LogP contribution is -2.27. The highest BCUT2D eigenvalue weighted by molar-refractivity contribution is 6.33. The third-order valence-electron chi connectivity index (χ3n) is 3.09. The van der Waals surface area contributed by atoms with Crippen LogP contribution in [0.5, 0.6) is 0 Å². The average molecular weight is 297 g/mol. The molecule has 1 amide bonds. The van der Waals surface area contributed by atoms with Crippen LogP contribution < -0.4 is 10.6 Å². The molecule has 0 spiro atoms. The molecule has 2 rings (SSSR count). The standard InChI is InChI=1S/C15H21ClN2O2/c1-15(2,3)20-14(19)18-13-7-6-10(9-11(13)16)12-5-4-8-17-12/h6-7,9,12,17H,4-5,8H2,1-3H3,(H,18,19). The minimum absolute atomic E-state index is 0.364. The van der Waals surface area contributed by atoms with Gasteiger partial charge in [-0.05, 0) is 57.9 Å². The summed E-state index contributed by atoms with van der Waals surface area (Å²) < 4.78 is 5.21. The molecule has 0 aromatic heterocycles. The van der Waals surface area contributed by atoms with Gasteiger partial charge in [0.15, 0.2) is 0 Å². The van der Waals surface area contributed by atoms with Gasteiger partial charge in [0.25, 0.3) is 0 Å². The SMILES string of the molecule is CC(C)(C)OC(=O)Nc1ccc(C2CCCN2)cc1Cl. The van der Waals surface area contributed by atoms with Gasteiger partial charge >= 0.3 is 6.09 Å². The van der Waals surface area contributed by atoms with Crippen molar-refractivity contribution in [3.8, 4) is 0 Å². The van der Waals surface area contributed by atoms with Gasteiger partial charge in [-0.3, -0.25) is 5.32 Å². The lowest BCUT2D eigenvalue weighted by Gasteiger charge is -2.20. The summed E-state index contributed by atoms with van der Waals surface area (Å²) in [6, 6.07) is 6.07. The van der Waals surface area contributed by atoms with Crippen LogP contribution in [0.3, 0.4) is 0 Å². The number of carbonyl (C=O) groups is 1. The molecule has 1 saturated heterocycles. The second-order valence-electron chi connectivity index (χ2n) is 6.02. The number of anilines is 1. The van der Waals surface area contributed by atoms with Crippen LogP contribution in [-0.2, 0) is 4.74 Å². The first kappa shape index (κ1) is 15.1. The molecule has 1 unspecified atom stereocenters. The molecule has 1 aromatic carbocycles. The maximum atomic E-state index is 11.7. The van der Waals surface area contributed by atoms with Crippen LogP contribution in [0.1, 0.15) is 45.2 Å². The summed E-state index contributed by atoms with van der Waals surface area (Å²) in [5, 5.41) is 6.62. The Balaban J connectivity index is 2.04. The average Bonchev–Trinajstić information content (AvgIpc) is 2.82. The first-order chi connectivity index (χ1) is 9.35. The molecule has 0 radical (unpaired) electrons. The van der Waals surface area contributed by atoms with Crippen molar-refractivity contribution in [3.05, 3.63) is 28.8 Å². The summed E-state index contributed by atoms with van der Waals surface area (Å²) in [5.41, 5.74) is 1.20. The highest BCUT2D eigenvalue weighted by Gasteiger charge is 2.19. The van der Waals surface area contributed by atoms with Crippen LogP contribution in [0, 0.1) is 0 Å². The molecule has 110 valence electrons. The van der Waals surface area contributed by atoms with Crippen molar-refractivity contribution >= 4 is 23.4 Å². The highest BCUT2D eigenvalue weighted by Crippen LogP contribution is 2.29. The summed E-state index contributed by atoms with van der Waals surface area (Å²) in [4.78, 5) is 11.7. The number of hydrogen-bond donors (Lipinski definition) is 2. The van der Waals surface area contributed by atoms with Gasteiger partial charge < -0.3 is 10.1 Å². The molecule has 1 heterocycles. The Labute approximate surface area is 124 Å². The first-order valence-electron chi connectivity index (χ1n) is 6.88. The lowest BCUT2D eigenvalue weighted by molar-refractivity contribution is 0.0636. The van der Waals surface area contributed by atoms with Crippen molar-refractivity contribution in [1.82, 2.24) is 5.32 Å². The largest absolute Gasteiger partial charge is 0.444 e. The molecule has 0 saturated carbocycles. The number of benzene rings is 1. The fourth-order valence-corrected chi connectivity index (χ4v) is 2.47.